The molecule has 1 fully saturated rings. The number of rotatable bonds is 2. The van der Waals surface area contributed by atoms with Crippen molar-refractivity contribution in [1.29, 1.82) is 0 Å². The van der Waals surface area contributed by atoms with Crippen molar-refractivity contribution < 1.29 is 4.79 Å². The minimum Gasteiger partial charge on any atom is -0.298 e. The molecule has 0 aromatic carbocycles. The summed E-state index contributed by atoms with van der Waals surface area (Å²) in [7, 11) is 0. The van der Waals surface area contributed by atoms with E-state index < -0.39 is 0 Å². The van der Waals surface area contributed by atoms with Gasteiger partial charge in [0.25, 0.3) is 0 Å². The van der Waals surface area contributed by atoms with Gasteiger partial charge in [-0.3, -0.25) is 4.79 Å². The highest BCUT2D eigenvalue weighted by Crippen LogP contribution is 2.38. The van der Waals surface area contributed by atoms with Gasteiger partial charge in [-0.2, -0.15) is 0 Å². The first-order valence-corrected chi connectivity index (χ1v) is 5.16. The molecule has 0 saturated carbocycles. The molecular weight excluding hydrogens is 168 g/mol. The highest BCUT2D eigenvalue weighted by atomic mass is 32.2. The van der Waals surface area contributed by atoms with Gasteiger partial charge in [-0.05, 0) is 27.2 Å². The summed E-state index contributed by atoms with van der Waals surface area (Å²) in [5.41, 5.74) is 1.32. The molecule has 1 saturated heterocycles. The van der Waals surface area contributed by atoms with Crippen LogP contribution in [0.1, 0.15) is 27.2 Å². The fraction of sp³-hybridized carbons (Fsp3) is 0.600. The van der Waals surface area contributed by atoms with Crippen LogP contribution in [0.15, 0.2) is 11.6 Å². The highest BCUT2D eigenvalue weighted by Gasteiger charge is 2.33. The summed E-state index contributed by atoms with van der Waals surface area (Å²) < 4.78 is 0.0638. The van der Waals surface area contributed by atoms with Gasteiger partial charge in [-0.25, -0.2) is 0 Å². The predicted octanol–water partition coefficient (Wildman–Crippen LogP) is 2.62. The number of hydrogen-bond acceptors (Lipinski definition) is 2. The van der Waals surface area contributed by atoms with E-state index >= 15 is 0 Å². The molecule has 0 amide bonds. The van der Waals surface area contributed by atoms with E-state index in [4.69, 9.17) is 0 Å². The number of carbonyl (C=O) groups excluding carboxylic acids is 1. The average Bonchev–Trinajstić information content (AvgIpc) is 2.29. The SMILES string of the molecule is CC(C)=CCC1(C)[CH]C(=O)CS1. The summed E-state index contributed by atoms with van der Waals surface area (Å²) in [6.45, 7) is 6.30. The lowest BCUT2D eigenvalue weighted by Crippen LogP contribution is -2.16. The van der Waals surface area contributed by atoms with E-state index in [1.807, 2.05) is 6.42 Å². The van der Waals surface area contributed by atoms with Crippen molar-refractivity contribution in [1.82, 2.24) is 0 Å². The van der Waals surface area contributed by atoms with Gasteiger partial charge in [0.05, 0.1) is 5.75 Å². The fourth-order valence-corrected chi connectivity index (χ4v) is 2.16. The third-order valence-corrected chi connectivity index (χ3v) is 3.30. The van der Waals surface area contributed by atoms with Crippen LogP contribution in [0.3, 0.4) is 0 Å². The Morgan fingerprint density at radius 1 is 1.75 bits per heavy atom. The Morgan fingerprint density at radius 3 is 2.83 bits per heavy atom. The molecular formula is C10H15OS. The molecule has 1 unspecified atom stereocenters. The Bertz CT molecular complexity index is 216. The largest absolute Gasteiger partial charge is 0.298 e. The lowest BCUT2D eigenvalue weighted by atomic mass is 10.00. The topological polar surface area (TPSA) is 17.1 Å². The van der Waals surface area contributed by atoms with Crippen LogP contribution in [-0.2, 0) is 4.79 Å². The fourth-order valence-electron chi connectivity index (χ4n) is 1.18. The molecule has 1 aliphatic heterocycles. The van der Waals surface area contributed by atoms with E-state index in [0.717, 1.165) is 6.42 Å². The first-order chi connectivity index (χ1) is 5.52. The summed E-state index contributed by atoms with van der Waals surface area (Å²) >= 11 is 1.75. The molecule has 0 N–H and O–H groups in total. The number of hydrogen-bond donors (Lipinski definition) is 0. The summed E-state index contributed by atoms with van der Waals surface area (Å²) in [6.07, 6.45) is 5.03. The van der Waals surface area contributed by atoms with Gasteiger partial charge in [0.1, 0.15) is 5.78 Å². The average molecular weight is 183 g/mol. The zero-order valence-corrected chi connectivity index (χ0v) is 8.70. The second-order valence-corrected chi connectivity index (χ2v) is 5.21. The number of allylic oxidation sites excluding steroid dienone is 2. The molecule has 1 aliphatic rings. The van der Waals surface area contributed by atoms with Crippen LogP contribution < -0.4 is 0 Å². The molecule has 0 bridgehead atoms. The van der Waals surface area contributed by atoms with Gasteiger partial charge in [-0.1, -0.05) is 11.6 Å². The maximum Gasteiger partial charge on any atom is 0.147 e. The first kappa shape index (κ1) is 9.85. The van der Waals surface area contributed by atoms with E-state index in [-0.39, 0.29) is 10.5 Å². The monoisotopic (exact) mass is 183 g/mol. The lowest BCUT2D eigenvalue weighted by Gasteiger charge is -2.18. The van der Waals surface area contributed by atoms with E-state index in [2.05, 4.69) is 26.8 Å². The van der Waals surface area contributed by atoms with E-state index in [0.29, 0.717) is 5.75 Å². The molecule has 0 aromatic rings. The van der Waals surface area contributed by atoms with Crippen molar-refractivity contribution in [2.45, 2.75) is 31.9 Å². The predicted molar refractivity (Wildman–Crippen MR) is 54.2 cm³/mol. The van der Waals surface area contributed by atoms with Crippen molar-refractivity contribution >= 4 is 17.5 Å². The highest BCUT2D eigenvalue weighted by molar-refractivity contribution is 8.02. The van der Waals surface area contributed by atoms with Gasteiger partial charge in [-0.15, -0.1) is 11.8 Å². The van der Waals surface area contributed by atoms with Gasteiger partial charge < -0.3 is 0 Å². The Labute approximate surface area is 78.6 Å². The second kappa shape index (κ2) is 3.65. The summed E-state index contributed by atoms with van der Waals surface area (Å²) in [4.78, 5) is 11.0. The molecule has 1 nitrogen and oxygen atoms in total. The molecule has 1 atom stereocenters. The van der Waals surface area contributed by atoms with Crippen LogP contribution in [0.4, 0.5) is 0 Å². The van der Waals surface area contributed by atoms with Crippen molar-refractivity contribution in [2.24, 2.45) is 0 Å². The molecule has 0 aliphatic carbocycles. The standard InChI is InChI=1S/C10H15OS/c1-8(2)4-5-10(3)6-9(11)7-12-10/h4,6H,5,7H2,1-3H3. The van der Waals surface area contributed by atoms with Crippen molar-refractivity contribution in [3.05, 3.63) is 18.1 Å². The number of thioether (sulfide) groups is 1. The zero-order valence-electron chi connectivity index (χ0n) is 7.89. The van der Waals surface area contributed by atoms with Gasteiger partial charge >= 0.3 is 0 Å². The Balaban J connectivity index is 2.51. The number of ketones is 1. The summed E-state index contributed by atoms with van der Waals surface area (Å²) in [5, 5.41) is 0. The van der Waals surface area contributed by atoms with Crippen LogP contribution in [0.25, 0.3) is 0 Å². The van der Waals surface area contributed by atoms with Gasteiger partial charge in [0, 0.05) is 11.2 Å². The molecule has 12 heavy (non-hydrogen) atoms. The lowest BCUT2D eigenvalue weighted by molar-refractivity contribution is -0.113. The molecule has 1 heterocycles. The maximum atomic E-state index is 11.0. The Kier molecular flexibility index (Phi) is 2.99. The summed E-state index contributed by atoms with van der Waals surface area (Å²) in [6, 6.07) is 0. The third kappa shape index (κ3) is 2.67. The minimum absolute atomic E-state index is 0.0638. The van der Waals surface area contributed by atoms with Gasteiger partial charge in [0.15, 0.2) is 0 Å². The zero-order chi connectivity index (χ0) is 9.19. The van der Waals surface area contributed by atoms with Crippen LogP contribution in [-0.4, -0.2) is 16.3 Å². The van der Waals surface area contributed by atoms with E-state index in [1.54, 1.807) is 11.8 Å². The Morgan fingerprint density at radius 2 is 2.42 bits per heavy atom. The van der Waals surface area contributed by atoms with Crippen molar-refractivity contribution in [2.75, 3.05) is 5.75 Å². The Hall–Kier alpha value is -0.240. The normalized spacial score (nSPS) is 29.1. The third-order valence-electron chi connectivity index (χ3n) is 1.93. The van der Waals surface area contributed by atoms with Gasteiger partial charge in [0.2, 0.25) is 0 Å². The smallest absolute Gasteiger partial charge is 0.147 e. The molecule has 2 heteroatoms. The number of carbonyl (C=O) groups is 1. The van der Waals surface area contributed by atoms with E-state index in [1.165, 1.54) is 5.57 Å². The summed E-state index contributed by atoms with van der Waals surface area (Å²) in [5.74, 6) is 0.942. The molecule has 1 radical (unpaired) electrons. The molecule has 1 rings (SSSR count). The van der Waals surface area contributed by atoms with Crippen LogP contribution >= 0.6 is 11.8 Å². The maximum absolute atomic E-state index is 11.0. The molecule has 0 aromatic heterocycles. The molecule has 67 valence electrons. The molecule has 0 spiro atoms. The minimum atomic E-state index is 0.0638. The van der Waals surface area contributed by atoms with Crippen LogP contribution in [0.5, 0.6) is 0 Å². The number of Topliss-reactive ketones (excluding diaryl/α,β-unsaturated/α-hetero) is 1. The first-order valence-electron chi connectivity index (χ1n) is 4.18. The second-order valence-electron chi connectivity index (χ2n) is 3.70. The van der Waals surface area contributed by atoms with E-state index in [9.17, 15) is 4.79 Å². The quantitative estimate of drug-likeness (QED) is 0.612. The van der Waals surface area contributed by atoms with Crippen molar-refractivity contribution in [3.8, 4) is 0 Å². The van der Waals surface area contributed by atoms with Crippen molar-refractivity contribution in [3.63, 3.8) is 0 Å². The van der Waals surface area contributed by atoms with Crippen LogP contribution in [0.2, 0.25) is 0 Å². The van der Waals surface area contributed by atoms with Crippen LogP contribution in [0, 0.1) is 6.42 Å².